The maximum Gasteiger partial charge on any atom is 0.441 e. The number of benzene rings is 1. The first-order chi connectivity index (χ1) is 12.5. The molecule has 1 saturated heterocycles. The molecule has 9 heteroatoms. The van der Waals surface area contributed by atoms with Crippen molar-refractivity contribution >= 4 is 5.69 Å². The van der Waals surface area contributed by atoms with Crippen LogP contribution in [0, 0.1) is 11.8 Å². The van der Waals surface area contributed by atoms with Gasteiger partial charge in [-0.1, -0.05) is 6.92 Å². The lowest BCUT2D eigenvalue weighted by atomic mass is 9.82. The first kappa shape index (κ1) is 18.4. The van der Waals surface area contributed by atoms with Gasteiger partial charge in [-0.25, -0.2) is 4.79 Å². The molecule has 2 heterocycles. The minimum absolute atomic E-state index is 0.0220. The van der Waals surface area contributed by atoms with Crippen LogP contribution in [0.25, 0.3) is 5.69 Å². The molecule has 1 fully saturated rings. The summed E-state index contributed by atoms with van der Waals surface area (Å²) in [5, 5.41) is 10.4. The second kappa shape index (κ2) is 7.86. The summed E-state index contributed by atoms with van der Waals surface area (Å²) in [6.07, 6.45) is 2.02. The van der Waals surface area contributed by atoms with Crippen molar-refractivity contribution in [1.82, 2.24) is 15.1 Å². The predicted molar refractivity (Wildman–Crippen MR) is 92.0 cm³/mol. The molecular formula is C17H22F2N4O3. The van der Waals surface area contributed by atoms with Crippen LogP contribution in [0.4, 0.5) is 14.5 Å². The molecule has 2 aromatic rings. The van der Waals surface area contributed by atoms with Gasteiger partial charge in [-0.2, -0.15) is 13.5 Å². The topological polar surface area (TPSA) is 81.3 Å². The Balaban J connectivity index is 1.89. The summed E-state index contributed by atoms with van der Waals surface area (Å²) in [4.78, 5) is 11.7. The van der Waals surface area contributed by atoms with E-state index in [1.54, 1.807) is 6.07 Å². The number of halogens is 2. The Labute approximate surface area is 149 Å². The summed E-state index contributed by atoms with van der Waals surface area (Å²) in [7, 11) is 0. The molecule has 1 aromatic carbocycles. The van der Waals surface area contributed by atoms with E-state index in [2.05, 4.69) is 31.8 Å². The molecule has 1 aliphatic rings. The van der Waals surface area contributed by atoms with Gasteiger partial charge in [0.1, 0.15) is 5.75 Å². The van der Waals surface area contributed by atoms with Crippen LogP contribution >= 0.6 is 0 Å². The number of piperidine rings is 1. The fourth-order valence-electron chi connectivity index (χ4n) is 3.48. The summed E-state index contributed by atoms with van der Waals surface area (Å²) in [6, 6.07) is 4.47. The van der Waals surface area contributed by atoms with Gasteiger partial charge in [0.25, 0.3) is 0 Å². The van der Waals surface area contributed by atoms with Crippen LogP contribution in [0.3, 0.4) is 0 Å². The Morgan fingerprint density at radius 1 is 1.46 bits per heavy atom. The largest absolute Gasteiger partial charge is 0.441 e. The van der Waals surface area contributed by atoms with Crippen LogP contribution in [0.5, 0.6) is 5.75 Å². The first-order valence-electron chi connectivity index (χ1n) is 8.55. The molecule has 1 aromatic heterocycles. The number of hydrogen-bond acceptors (Lipinski definition) is 6. The predicted octanol–water partition coefficient (Wildman–Crippen LogP) is 2.47. The van der Waals surface area contributed by atoms with Gasteiger partial charge in [-0.3, -0.25) is 0 Å². The molecule has 3 rings (SSSR count). The van der Waals surface area contributed by atoms with Crippen LogP contribution < -0.4 is 21.1 Å². The molecule has 1 aliphatic heterocycles. The number of ether oxygens (including phenoxy) is 1. The highest BCUT2D eigenvalue weighted by Gasteiger charge is 2.27. The van der Waals surface area contributed by atoms with Gasteiger partial charge in [0.05, 0.1) is 11.4 Å². The first-order valence-corrected chi connectivity index (χ1v) is 8.55. The molecular weight excluding hydrogens is 346 g/mol. The van der Waals surface area contributed by atoms with E-state index in [0.29, 0.717) is 23.2 Å². The van der Waals surface area contributed by atoms with E-state index >= 15 is 0 Å². The van der Waals surface area contributed by atoms with Gasteiger partial charge in [-0.05, 0) is 56.5 Å². The molecule has 0 radical (unpaired) electrons. The van der Waals surface area contributed by atoms with E-state index in [-0.39, 0.29) is 11.8 Å². The van der Waals surface area contributed by atoms with Crippen molar-refractivity contribution < 1.29 is 17.9 Å². The monoisotopic (exact) mass is 368 g/mol. The number of nitrogens with zero attached hydrogens (tertiary/aromatic N) is 2. The minimum Gasteiger partial charge on any atom is -0.433 e. The van der Waals surface area contributed by atoms with Crippen LogP contribution in [-0.2, 0) is 0 Å². The van der Waals surface area contributed by atoms with E-state index in [0.717, 1.165) is 30.6 Å². The molecule has 0 spiro atoms. The maximum absolute atomic E-state index is 12.8. The summed E-state index contributed by atoms with van der Waals surface area (Å²) >= 11 is 0. The molecule has 26 heavy (non-hydrogen) atoms. The minimum atomic E-state index is -2.94. The smallest absolute Gasteiger partial charge is 0.433 e. The van der Waals surface area contributed by atoms with Crippen molar-refractivity contribution in [2.45, 2.75) is 32.9 Å². The summed E-state index contributed by atoms with van der Waals surface area (Å²) in [6.45, 7) is 3.09. The van der Waals surface area contributed by atoms with Crippen molar-refractivity contribution in [3.05, 3.63) is 35.1 Å². The van der Waals surface area contributed by atoms with Gasteiger partial charge in [0.15, 0.2) is 0 Å². The highest BCUT2D eigenvalue weighted by atomic mass is 19.3. The summed E-state index contributed by atoms with van der Waals surface area (Å²) in [5.74, 6) is 0.202. The zero-order valence-corrected chi connectivity index (χ0v) is 14.6. The standard InChI is InChI=1S/C17H22F2N4O3/c1-10-8-20-6-5-13(10)11(2)22-14-7-12(23-17(24)25-9-21-23)3-4-15(14)26-16(18)19/h3-4,7,9-11,13,16,20,22H,5-6,8H2,1-2H3/t10-,11+,13+/m1/s1. The van der Waals surface area contributed by atoms with Crippen LogP contribution in [0.1, 0.15) is 20.3 Å². The zero-order valence-electron chi connectivity index (χ0n) is 14.6. The maximum atomic E-state index is 12.8. The quantitative estimate of drug-likeness (QED) is 0.815. The fraction of sp³-hybridized carbons (Fsp3) is 0.529. The Hall–Kier alpha value is -2.42. The summed E-state index contributed by atoms with van der Waals surface area (Å²) in [5.41, 5.74) is 0.786. The second-order valence-electron chi connectivity index (χ2n) is 6.54. The number of hydrogen-bond donors (Lipinski definition) is 2. The third-order valence-corrected chi connectivity index (χ3v) is 4.79. The van der Waals surface area contributed by atoms with Crippen LogP contribution in [0.2, 0.25) is 0 Å². The van der Waals surface area contributed by atoms with E-state index in [4.69, 9.17) is 0 Å². The van der Waals surface area contributed by atoms with Gasteiger partial charge in [-0.15, -0.1) is 5.10 Å². The van der Waals surface area contributed by atoms with Crippen molar-refractivity contribution in [1.29, 1.82) is 0 Å². The highest BCUT2D eigenvalue weighted by molar-refractivity contribution is 5.61. The molecule has 0 aliphatic carbocycles. The van der Waals surface area contributed by atoms with Gasteiger partial charge < -0.3 is 19.8 Å². The summed E-state index contributed by atoms with van der Waals surface area (Å²) < 4.78 is 35.8. The molecule has 0 amide bonds. The van der Waals surface area contributed by atoms with E-state index < -0.39 is 12.4 Å². The van der Waals surface area contributed by atoms with E-state index in [1.165, 1.54) is 12.1 Å². The van der Waals surface area contributed by atoms with Gasteiger partial charge >= 0.3 is 12.4 Å². The van der Waals surface area contributed by atoms with Crippen LogP contribution in [0.15, 0.2) is 33.8 Å². The lowest BCUT2D eigenvalue weighted by Crippen LogP contribution is -2.42. The highest BCUT2D eigenvalue weighted by Crippen LogP contribution is 2.32. The molecule has 7 nitrogen and oxygen atoms in total. The fourth-order valence-corrected chi connectivity index (χ4v) is 3.48. The molecule has 0 bridgehead atoms. The van der Waals surface area contributed by atoms with E-state index in [9.17, 15) is 13.6 Å². The van der Waals surface area contributed by atoms with E-state index in [1.807, 2.05) is 6.92 Å². The van der Waals surface area contributed by atoms with Crippen LogP contribution in [-0.4, -0.2) is 35.5 Å². The van der Waals surface area contributed by atoms with Gasteiger partial charge in [0.2, 0.25) is 6.39 Å². The van der Waals surface area contributed by atoms with Crippen molar-refractivity contribution in [3.63, 3.8) is 0 Å². The third kappa shape index (κ3) is 4.04. The Bertz CT molecular complexity index is 792. The lowest BCUT2D eigenvalue weighted by Gasteiger charge is -2.35. The number of rotatable bonds is 6. The molecule has 142 valence electrons. The van der Waals surface area contributed by atoms with Crippen molar-refractivity contribution in [2.75, 3.05) is 18.4 Å². The molecule has 2 N–H and O–H groups in total. The number of alkyl halides is 2. The Morgan fingerprint density at radius 2 is 2.27 bits per heavy atom. The second-order valence-corrected chi connectivity index (χ2v) is 6.54. The van der Waals surface area contributed by atoms with Crippen molar-refractivity contribution in [2.24, 2.45) is 11.8 Å². The number of nitrogens with one attached hydrogen (secondary N) is 2. The Morgan fingerprint density at radius 3 is 2.92 bits per heavy atom. The SMILES string of the molecule is C[C@@H]1CNCC[C@@H]1[C@H](C)Nc1cc(-n2ncoc2=O)ccc1OC(F)F. The number of anilines is 1. The Kier molecular flexibility index (Phi) is 5.55. The average Bonchev–Trinajstić information content (AvgIpc) is 3.02. The van der Waals surface area contributed by atoms with Crippen molar-refractivity contribution in [3.8, 4) is 11.4 Å². The number of aromatic nitrogens is 2. The van der Waals surface area contributed by atoms with Gasteiger partial charge in [0, 0.05) is 6.04 Å². The zero-order chi connectivity index (χ0) is 18.7. The molecule has 3 atom stereocenters. The molecule has 0 saturated carbocycles. The lowest BCUT2D eigenvalue weighted by molar-refractivity contribution is -0.0494. The third-order valence-electron chi connectivity index (χ3n) is 4.79. The average molecular weight is 368 g/mol. The molecule has 0 unspecified atom stereocenters. The normalized spacial score (nSPS) is 21.6.